The number of rotatable bonds is 3. The molecule has 1 aliphatic carbocycles. The van der Waals surface area contributed by atoms with Gasteiger partial charge in [0.25, 0.3) is 0 Å². The third-order valence-corrected chi connectivity index (χ3v) is 3.74. The quantitative estimate of drug-likeness (QED) is 0.729. The van der Waals surface area contributed by atoms with E-state index in [1.165, 1.54) is 31.2 Å². The van der Waals surface area contributed by atoms with Crippen molar-refractivity contribution in [1.82, 2.24) is 0 Å². The van der Waals surface area contributed by atoms with Gasteiger partial charge >= 0.3 is 0 Å². The molecule has 1 heteroatoms. The molecule has 0 unspecified atom stereocenters. The smallest absolute Gasteiger partial charge is 0.119 e. The molecule has 2 rings (SSSR count). The maximum atomic E-state index is 6.06. The summed E-state index contributed by atoms with van der Waals surface area (Å²) in [6.07, 6.45) is 5.55. The van der Waals surface area contributed by atoms with Gasteiger partial charge in [-0.1, -0.05) is 39.3 Å². The SMILES string of the molecule is CC(C)c1ccc(O[C@H]2CCC[C@H](C)C2)cc1. The first-order valence-electron chi connectivity index (χ1n) is 6.91. The molecule has 0 heterocycles. The molecule has 1 aromatic carbocycles. The van der Waals surface area contributed by atoms with Crippen molar-refractivity contribution in [2.24, 2.45) is 5.92 Å². The predicted octanol–water partition coefficient (Wildman–Crippen LogP) is 4.77. The van der Waals surface area contributed by atoms with E-state index in [0.717, 1.165) is 11.7 Å². The van der Waals surface area contributed by atoms with Crippen LogP contribution < -0.4 is 4.74 Å². The molecule has 0 saturated heterocycles. The summed E-state index contributed by atoms with van der Waals surface area (Å²) >= 11 is 0. The summed E-state index contributed by atoms with van der Waals surface area (Å²) in [5.41, 5.74) is 1.38. The minimum Gasteiger partial charge on any atom is -0.490 e. The average Bonchev–Trinajstić information content (AvgIpc) is 2.29. The van der Waals surface area contributed by atoms with Crippen molar-refractivity contribution in [3.63, 3.8) is 0 Å². The lowest BCUT2D eigenvalue weighted by Gasteiger charge is -2.27. The van der Waals surface area contributed by atoms with Crippen molar-refractivity contribution >= 4 is 0 Å². The largest absolute Gasteiger partial charge is 0.490 e. The van der Waals surface area contributed by atoms with Crippen LogP contribution in [0.4, 0.5) is 0 Å². The molecule has 1 aliphatic rings. The maximum Gasteiger partial charge on any atom is 0.119 e. The molecule has 1 fully saturated rings. The van der Waals surface area contributed by atoms with E-state index < -0.39 is 0 Å². The number of hydrogen-bond acceptors (Lipinski definition) is 1. The molecule has 0 aromatic heterocycles. The summed E-state index contributed by atoms with van der Waals surface area (Å²) in [5, 5.41) is 0. The Balaban J connectivity index is 1.94. The molecule has 0 N–H and O–H groups in total. The molecule has 17 heavy (non-hydrogen) atoms. The molecule has 1 aromatic rings. The van der Waals surface area contributed by atoms with Crippen LogP contribution >= 0.6 is 0 Å². The molecule has 0 spiro atoms. The first-order chi connectivity index (χ1) is 8.15. The summed E-state index contributed by atoms with van der Waals surface area (Å²) < 4.78 is 6.06. The summed E-state index contributed by atoms with van der Waals surface area (Å²) in [5.74, 6) is 2.45. The van der Waals surface area contributed by atoms with Crippen LogP contribution in [-0.4, -0.2) is 6.10 Å². The monoisotopic (exact) mass is 232 g/mol. The second-order valence-electron chi connectivity index (χ2n) is 5.74. The molecule has 0 bridgehead atoms. The molecule has 0 radical (unpaired) electrons. The van der Waals surface area contributed by atoms with Crippen molar-refractivity contribution in [3.8, 4) is 5.75 Å². The fourth-order valence-electron chi connectivity index (χ4n) is 2.61. The lowest BCUT2D eigenvalue weighted by Crippen LogP contribution is -2.24. The van der Waals surface area contributed by atoms with Crippen LogP contribution in [0.3, 0.4) is 0 Å². The molecule has 0 aliphatic heterocycles. The zero-order valence-electron chi connectivity index (χ0n) is 11.3. The van der Waals surface area contributed by atoms with Crippen LogP contribution in [-0.2, 0) is 0 Å². The maximum absolute atomic E-state index is 6.06. The highest BCUT2D eigenvalue weighted by molar-refractivity contribution is 5.29. The van der Waals surface area contributed by atoms with E-state index in [1.54, 1.807) is 0 Å². The Morgan fingerprint density at radius 2 is 1.82 bits per heavy atom. The van der Waals surface area contributed by atoms with Crippen molar-refractivity contribution < 1.29 is 4.74 Å². The van der Waals surface area contributed by atoms with Crippen LogP contribution in [0.25, 0.3) is 0 Å². The van der Waals surface area contributed by atoms with Crippen LogP contribution in [0.15, 0.2) is 24.3 Å². The minimum atomic E-state index is 0.434. The fraction of sp³-hybridized carbons (Fsp3) is 0.625. The van der Waals surface area contributed by atoms with E-state index in [9.17, 15) is 0 Å². The van der Waals surface area contributed by atoms with Gasteiger partial charge < -0.3 is 4.74 Å². The van der Waals surface area contributed by atoms with Gasteiger partial charge in [0.1, 0.15) is 5.75 Å². The van der Waals surface area contributed by atoms with E-state index in [0.29, 0.717) is 12.0 Å². The fourth-order valence-corrected chi connectivity index (χ4v) is 2.61. The number of hydrogen-bond donors (Lipinski definition) is 0. The Morgan fingerprint density at radius 3 is 2.41 bits per heavy atom. The molecule has 1 saturated carbocycles. The van der Waals surface area contributed by atoms with Gasteiger partial charge in [-0.3, -0.25) is 0 Å². The number of benzene rings is 1. The second-order valence-corrected chi connectivity index (χ2v) is 5.74. The zero-order valence-corrected chi connectivity index (χ0v) is 11.3. The van der Waals surface area contributed by atoms with Crippen molar-refractivity contribution in [2.75, 3.05) is 0 Å². The molecule has 1 nitrogen and oxygen atoms in total. The lowest BCUT2D eigenvalue weighted by atomic mass is 9.89. The van der Waals surface area contributed by atoms with E-state index in [2.05, 4.69) is 45.0 Å². The predicted molar refractivity (Wildman–Crippen MR) is 72.6 cm³/mol. The Kier molecular flexibility index (Phi) is 4.09. The molecule has 94 valence electrons. The van der Waals surface area contributed by atoms with Crippen molar-refractivity contribution in [2.45, 2.75) is 58.5 Å². The van der Waals surface area contributed by atoms with Gasteiger partial charge in [-0.15, -0.1) is 0 Å². The standard InChI is InChI=1S/C16H24O/c1-12(2)14-7-9-15(10-8-14)17-16-6-4-5-13(3)11-16/h7-10,12-13,16H,4-6,11H2,1-3H3/t13-,16-/m0/s1. The third kappa shape index (κ3) is 3.49. The van der Waals surface area contributed by atoms with E-state index in [1.807, 2.05) is 0 Å². The Labute approximate surface area is 105 Å². The Morgan fingerprint density at radius 1 is 1.12 bits per heavy atom. The molecule has 2 atom stereocenters. The van der Waals surface area contributed by atoms with E-state index >= 15 is 0 Å². The van der Waals surface area contributed by atoms with Gasteiger partial charge in [0.15, 0.2) is 0 Å². The summed E-state index contributed by atoms with van der Waals surface area (Å²) in [7, 11) is 0. The van der Waals surface area contributed by atoms with Gasteiger partial charge in [0.05, 0.1) is 6.10 Å². The number of ether oxygens (including phenoxy) is 1. The van der Waals surface area contributed by atoms with Crippen molar-refractivity contribution in [3.05, 3.63) is 29.8 Å². The minimum absolute atomic E-state index is 0.434. The van der Waals surface area contributed by atoms with E-state index in [4.69, 9.17) is 4.74 Å². The van der Waals surface area contributed by atoms with Crippen LogP contribution in [0.1, 0.15) is 57.9 Å². The third-order valence-electron chi connectivity index (χ3n) is 3.74. The highest BCUT2D eigenvalue weighted by atomic mass is 16.5. The van der Waals surface area contributed by atoms with Gasteiger partial charge in [-0.2, -0.15) is 0 Å². The van der Waals surface area contributed by atoms with Gasteiger partial charge in [-0.05, 0) is 48.8 Å². The second kappa shape index (κ2) is 5.57. The Bertz CT molecular complexity index is 339. The van der Waals surface area contributed by atoms with Crippen molar-refractivity contribution in [1.29, 1.82) is 0 Å². The highest BCUT2D eigenvalue weighted by Crippen LogP contribution is 2.28. The molecular formula is C16H24O. The van der Waals surface area contributed by atoms with Crippen LogP contribution in [0.5, 0.6) is 5.75 Å². The summed E-state index contributed by atoms with van der Waals surface area (Å²) in [6.45, 7) is 6.77. The normalized spacial score (nSPS) is 24.9. The summed E-state index contributed by atoms with van der Waals surface area (Å²) in [6, 6.07) is 8.61. The topological polar surface area (TPSA) is 9.23 Å². The highest BCUT2D eigenvalue weighted by Gasteiger charge is 2.20. The lowest BCUT2D eigenvalue weighted by molar-refractivity contribution is 0.129. The average molecular weight is 232 g/mol. The van der Waals surface area contributed by atoms with Gasteiger partial charge in [-0.25, -0.2) is 0 Å². The molecule has 0 amide bonds. The van der Waals surface area contributed by atoms with Crippen LogP contribution in [0.2, 0.25) is 0 Å². The van der Waals surface area contributed by atoms with Gasteiger partial charge in [0.2, 0.25) is 0 Å². The first kappa shape index (κ1) is 12.5. The first-order valence-corrected chi connectivity index (χ1v) is 6.91. The zero-order chi connectivity index (χ0) is 12.3. The van der Waals surface area contributed by atoms with E-state index in [-0.39, 0.29) is 0 Å². The van der Waals surface area contributed by atoms with Crippen LogP contribution in [0, 0.1) is 5.92 Å². The molecular weight excluding hydrogens is 208 g/mol. The van der Waals surface area contributed by atoms with Gasteiger partial charge in [0, 0.05) is 0 Å². The summed E-state index contributed by atoms with van der Waals surface area (Å²) in [4.78, 5) is 0. The Hall–Kier alpha value is -0.980.